The van der Waals surface area contributed by atoms with E-state index in [0.717, 1.165) is 17.7 Å². The summed E-state index contributed by atoms with van der Waals surface area (Å²) in [6, 6.07) is 20.2. The molecule has 0 radical (unpaired) electrons. The van der Waals surface area contributed by atoms with Gasteiger partial charge in [0.25, 0.3) is 0 Å². The Kier molecular flexibility index (Phi) is 7.53. The molecule has 3 aromatic rings. The highest BCUT2D eigenvalue weighted by molar-refractivity contribution is 7.91. The van der Waals surface area contributed by atoms with Crippen LogP contribution >= 0.6 is 12.8 Å². The molecule has 2 N–H and O–H groups in total. The third-order valence-corrected chi connectivity index (χ3v) is 7.50. The minimum Gasteiger partial charge on any atom is -0.324 e. The van der Waals surface area contributed by atoms with Crippen molar-refractivity contribution in [2.24, 2.45) is 0 Å². The molecule has 3 rings (SSSR count). The second-order valence-corrected chi connectivity index (χ2v) is 9.88. The van der Waals surface area contributed by atoms with Crippen LogP contribution < -0.4 is 10.0 Å². The molecule has 0 saturated carbocycles. The van der Waals surface area contributed by atoms with Gasteiger partial charge in [0.05, 0.1) is 22.3 Å². The summed E-state index contributed by atoms with van der Waals surface area (Å²) in [5.74, 6) is -1.80. The number of benzene rings is 3. The van der Waals surface area contributed by atoms with Crippen LogP contribution in [-0.2, 0) is 21.1 Å². The van der Waals surface area contributed by atoms with E-state index in [4.69, 9.17) is 5.26 Å². The fraction of sp³-hybridized carbons (Fsp3) is 0.167. The monoisotopic (exact) mass is 483 g/mol. The first kappa shape index (κ1) is 24.5. The summed E-state index contributed by atoms with van der Waals surface area (Å²) in [4.78, 5) is 13.4. The SMILES string of the molecule is Cc1cc(NC(=O)C(Cc2ccccc2)(CS(=O)(=O)c2ccc(F)cc2)NS)ccc1C#N. The third kappa shape index (κ3) is 5.79. The van der Waals surface area contributed by atoms with Crippen molar-refractivity contribution in [1.82, 2.24) is 4.72 Å². The minimum atomic E-state index is -4.00. The number of nitriles is 1. The lowest BCUT2D eigenvalue weighted by Crippen LogP contribution is -2.57. The van der Waals surface area contributed by atoms with E-state index in [-0.39, 0.29) is 11.3 Å². The molecular weight excluding hydrogens is 461 g/mol. The van der Waals surface area contributed by atoms with Crippen LogP contribution in [-0.4, -0.2) is 25.6 Å². The van der Waals surface area contributed by atoms with Crippen molar-refractivity contribution in [3.05, 3.63) is 95.3 Å². The molecule has 0 aliphatic heterocycles. The quantitative estimate of drug-likeness (QED) is 0.334. The van der Waals surface area contributed by atoms with Crippen LogP contribution in [0, 0.1) is 24.1 Å². The Balaban J connectivity index is 2.00. The lowest BCUT2D eigenvalue weighted by atomic mass is 9.92. The molecule has 0 bridgehead atoms. The van der Waals surface area contributed by atoms with Crippen LogP contribution in [0.15, 0.2) is 77.7 Å². The Morgan fingerprint density at radius 1 is 1.09 bits per heavy atom. The van der Waals surface area contributed by atoms with Gasteiger partial charge >= 0.3 is 0 Å². The number of hydrogen-bond donors (Lipinski definition) is 3. The molecule has 0 fully saturated rings. The zero-order valence-electron chi connectivity index (χ0n) is 17.7. The summed E-state index contributed by atoms with van der Waals surface area (Å²) in [5.41, 5.74) is 0.618. The van der Waals surface area contributed by atoms with E-state index in [9.17, 15) is 17.6 Å². The molecule has 0 aromatic heterocycles. The Morgan fingerprint density at radius 2 is 1.76 bits per heavy atom. The fourth-order valence-corrected chi connectivity index (χ4v) is 5.47. The highest BCUT2D eigenvalue weighted by atomic mass is 32.2. The van der Waals surface area contributed by atoms with E-state index in [1.165, 1.54) is 12.1 Å². The van der Waals surface area contributed by atoms with Gasteiger partial charge in [-0.1, -0.05) is 43.1 Å². The average Bonchev–Trinajstić information content (AvgIpc) is 2.79. The predicted octanol–water partition coefficient (Wildman–Crippen LogP) is 3.83. The number of nitrogens with one attached hydrogen (secondary N) is 2. The van der Waals surface area contributed by atoms with Gasteiger partial charge in [0.1, 0.15) is 11.4 Å². The molecule has 0 aliphatic carbocycles. The smallest absolute Gasteiger partial charge is 0.246 e. The summed E-state index contributed by atoms with van der Waals surface area (Å²) in [5, 5.41) is 11.9. The number of carbonyl (C=O) groups excluding carboxylic acids is 1. The van der Waals surface area contributed by atoms with Crippen LogP contribution in [0.4, 0.5) is 10.1 Å². The molecule has 0 saturated heterocycles. The predicted molar refractivity (Wildman–Crippen MR) is 128 cm³/mol. The number of halogens is 1. The van der Waals surface area contributed by atoms with E-state index in [2.05, 4.69) is 28.9 Å². The van der Waals surface area contributed by atoms with Gasteiger partial charge < -0.3 is 5.32 Å². The van der Waals surface area contributed by atoms with E-state index >= 15 is 0 Å². The van der Waals surface area contributed by atoms with Gasteiger partial charge in [-0.15, -0.1) is 0 Å². The van der Waals surface area contributed by atoms with Gasteiger partial charge in [0.2, 0.25) is 5.91 Å². The zero-order valence-corrected chi connectivity index (χ0v) is 19.5. The van der Waals surface area contributed by atoms with E-state index < -0.39 is 32.9 Å². The topological polar surface area (TPSA) is 99.1 Å². The highest BCUT2D eigenvalue weighted by Crippen LogP contribution is 2.25. The normalized spacial score (nSPS) is 13.0. The fourth-order valence-electron chi connectivity index (χ4n) is 3.43. The lowest BCUT2D eigenvalue weighted by molar-refractivity contribution is -0.120. The molecule has 3 aromatic carbocycles. The first-order valence-corrected chi connectivity index (χ1v) is 12.0. The second kappa shape index (κ2) is 10.2. The molecular formula is C24H22FN3O3S2. The maximum Gasteiger partial charge on any atom is 0.246 e. The van der Waals surface area contributed by atoms with E-state index in [1.54, 1.807) is 49.4 Å². The van der Waals surface area contributed by atoms with Gasteiger partial charge in [-0.3, -0.25) is 9.52 Å². The maximum absolute atomic E-state index is 13.5. The van der Waals surface area contributed by atoms with Gasteiger partial charge in [-0.2, -0.15) is 5.26 Å². The number of anilines is 1. The Bertz CT molecular complexity index is 1290. The number of carbonyl (C=O) groups is 1. The van der Waals surface area contributed by atoms with Crippen LogP contribution in [0.25, 0.3) is 0 Å². The highest BCUT2D eigenvalue weighted by Gasteiger charge is 2.42. The third-order valence-electron chi connectivity index (χ3n) is 5.21. The molecule has 1 amide bonds. The molecule has 1 atom stereocenters. The largest absolute Gasteiger partial charge is 0.324 e. The zero-order chi connectivity index (χ0) is 24.1. The first-order chi connectivity index (χ1) is 15.7. The number of thiol groups is 1. The molecule has 33 heavy (non-hydrogen) atoms. The summed E-state index contributed by atoms with van der Waals surface area (Å²) in [6.45, 7) is 1.74. The van der Waals surface area contributed by atoms with Crippen LogP contribution in [0.2, 0.25) is 0 Å². The summed E-state index contributed by atoms with van der Waals surface area (Å²) >= 11 is 4.15. The van der Waals surface area contributed by atoms with Gasteiger partial charge in [0, 0.05) is 12.1 Å². The molecule has 170 valence electrons. The van der Waals surface area contributed by atoms with Gasteiger partial charge in [-0.25, -0.2) is 12.8 Å². The molecule has 0 aliphatic rings. The number of rotatable bonds is 8. The summed E-state index contributed by atoms with van der Waals surface area (Å²) in [7, 11) is -4.00. The molecule has 9 heteroatoms. The van der Waals surface area contributed by atoms with Gasteiger partial charge in [-0.05, 0) is 60.5 Å². The second-order valence-electron chi connectivity index (χ2n) is 7.66. The van der Waals surface area contributed by atoms with Crippen LogP contribution in [0.3, 0.4) is 0 Å². The van der Waals surface area contributed by atoms with Crippen molar-refractivity contribution in [1.29, 1.82) is 5.26 Å². The standard InChI is InChI=1S/C24H22FN3O3S2/c1-17-13-21(10-7-19(17)15-26)27-23(29)24(28-32,14-18-5-3-2-4-6-18)16-33(30,31)22-11-8-20(25)9-12-22/h2-13,28,32H,14,16H2,1H3,(H,27,29). The Morgan fingerprint density at radius 3 is 2.33 bits per heavy atom. The number of amides is 1. The molecule has 6 nitrogen and oxygen atoms in total. The van der Waals surface area contributed by atoms with E-state index in [0.29, 0.717) is 16.8 Å². The number of hydrogen-bond acceptors (Lipinski definition) is 6. The lowest BCUT2D eigenvalue weighted by Gasteiger charge is -2.31. The van der Waals surface area contributed by atoms with Gasteiger partial charge in [0.15, 0.2) is 9.84 Å². The minimum absolute atomic E-state index is 0.0266. The first-order valence-electron chi connectivity index (χ1n) is 9.95. The van der Waals surface area contributed by atoms with Crippen molar-refractivity contribution in [2.45, 2.75) is 23.8 Å². The Hall–Kier alpha value is -3.19. The van der Waals surface area contributed by atoms with Crippen LogP contribution in [0.5, 0.6) is 0 Å². The molecule has 1 unspecified atom stereocenters. The van der Waals surface area contributed by atoms with E-state index in [1.807, 2.05) is 6.07 Å². The summed E-state index contributed by atoms with van der Waals surface area (Å²) < 4.78 is 42.3. The maximum atomic E-state index is 13.5. The Labute approximate surface area is 197 Å². The summed E-state index contributed by atoms with van der Waals surface area (Å²) in [6.07, 6.45) is 0.0266. The number of aryl methyl sites for hydroxylation is 1. The van der Waals surface area contributed by atoms with Crippen molar-refractivity contribution >= 4 is 34.2 Å². The number of nitrogens with zero attached hydrogens (tertiary/aromatic N) is 1. The van der Waals surface area contributed by atoms with Crippen molar-refractivity contribution in [3.8, 4) is 6.07 Å². The van der Waals surface area contributed by atoms with Crippen molar-refractivity contribution in [2.75, 3.05) is 11.1 Å². The van der Waals surface area contributed by atoms with Crippen LogP contribution in [0.1, 0.15) is 16.7 Å². The van der Waals surface area contributed by atoms with Crippen molar-refractivity contribution < 1.29 is 17.6 Å². The number of sulfone groups is 1. The molecule has 0 spiro atoms. The molecule has 0 heterocycles. The average molecular weight is 484 g/mol. The van der Waals surface area contributed by atoms with Crippen molar-refractivity contribution in [3.63, 3.8) is 0 Å².